The van der Waals surface area contributed by atoms with Crippen molar-refractivity contribution >= 4 is 0 Å². The highest BCUT2D eigenvalue weighted by atomic mass is 16.5. The van der Waals surface area contributed by atoms with Gasteiger partial charge in [0.25, 0.3) is 0 Å². The standard InChI is InChI=1S/C13H14N2O2/c1-15-8-14-7-11(15)12(16)10-4-2-3-9-5-6-17-13(9)10/h2-4,7-8,12,16H,5-6H2,1H3. The van der Waals surface area contributed by atoms with E-state index in [4.69, 9.17) is 4.74 Å². The normalized spacial score (nSPS) is 15.4. The number of aliphatic hydroxyl groups excluding tert-OH is 1. The van der Waals surface area contributed by atoms with Crippen molar-refractivity contribution in [3.63, 3.8) is 0 Å². The van der Waals surface area contributed by atoms with E-state index in [2.05, 4.69) is 4.98 Å². The number of aryl methyl sites for hydroxylation is 1. The van der Waals surface area contributed by atoms with Gasteiger partial charge in [-0.25, -0.2) is 4.98 Å². The Hall–Kier alpha value is -1.81. The molecule has 1 aromatic heterocycles. The number of aromatic nitrogens is 2. The zero-order valence-electron chi connectivity index (χ0n) is 9.63. The molecule has 0 amide bonds. The maximum Gasteiger partial charge on any atom is 0.128 e. The molecule has 0 bridgehead atoms. The minimum absolute atomic E-state index is 0.685. The van der Waals surface area contributed by atoms with Crippen LogP contribution in [0.4, 0.5) is 0 Å². The zero-order chi connectivity index (χ0) is 11.8. The van der Waals surface area contributed by atoms with Gasteiger partial charge in [0.15, 0.2) is 0 Å². The predicted octanol–water partition coefficient (Wildman–Crippen LogP) is 1.44. The van der Waals surface area contributed by atoms with Crippen LogP contribution in [0.1, 0.15) is 22.9 Å². The van der Waals surface area contributed by atoms with E-state index in [9.17, 15) is 5.11 Å². The van der Waals surface area contributed by atoms with Crippen LogP contribution in [0, 0.1) is 0 Å². The Bertz CT molecular complexity index is 548. The Morgan fingerprint density at radius 3 is 3.12 bits per heavy atom. The summed E-state index contributed by atoms with van der Waals surface area (Å²) in [6, 6.07) is 5.91. The molecule has 1 atom stereocenters. The topological polar surface area (TPSA) is 47.3 Å². The van der Waals surface area contributed by atoms with Crippen molar-refractivity contribution in [2.45, 2.75) is 12.5 Å². The molecule has 3 rings (SSSR count). The van der Waals surface area contributed by atoms with Crippen molar-refractivity contribution in [3.05, 3.63) is 47.5 Å². The molecule has 1 aromatic carbocycles. The van der Waals surface area contributed by atoms with E-state index in [1.54, 1.807) is 12.5 Å². The summed E-state index contributed by atoms with van der Waals surface area (Å²) in [5.41, 5.74) is 2.77. The Morgan fingerprint density at radius 2 is 2.35 bits per heavy atom. The molecule has 2 aromatic rings. The maximum absolute atomic E-state index is 10.4. The van der Waals surface area contributed by atoms with Crippen LogP contribution in [-0.2, 0) is 13.5 Å². The van der Waals surface area contributed by atoms with Gasteiger partial charge in [0.1, 0.15) is 11.9 Å². The van der Waals surface area contributed by atoms with E-state index in [0.717, 1.165) is 23.4 Å². The van der Waals surface area contributed by atoms with E-state index in [1.807, 2.05) is 29.8 Å². The molecule has 4 nitrogen and oxygen atoms in total. The molecule has 2 heterocycles. The van der Waals surface area contributed by atoms with E-state index in [1.165, 1.54) is 5.56 Å². The molecule has 88 valence electrons. The summed E-state index contributed by atoms with van der Waals surface area (Å²) in [6.07, 6.45) is 3.60. The SMILES string of the molecule is Cn1cncc1C(O)c1cccc2c1OCC2. The zero-order valence-corrected chi connectivity index (χ0v) is 9.63. The average molecular weight is 230 g/mol. The van der Waals surface area contributed by atoms with Gasteiger partial charge in [-0.05, 0) is 5.56 Å². The number of hydrogen-bond donors (Lipinski definition) is 1. The fourth-order valence-corrected chi connectivity index (χ4v) is 2.25. The lowest BCUT2D eigenvalue weighted by Crippen LogP contribution is -2.06. The Labute approximate surface area is 99.5 Å². The minimum Gasteiger partial charge on any atom is -0.493 e. The van der Waals surface area contributed by atoms with Crippen LogP contribution in [-0.4, -0.2) is 21.3 Å². The summed E-state index contributed by atoms with van der Waals surface area (Å²) >= 11 is 0. The van der Waals surface area contributed by atoms with Crippen LogP contribution in [0.15, 0.2) is 30.7 Å². The molecule has 0 saturated heterocycles. The van der Waals surface area contributed by atoms with E-state index in [0.29, 0.717) is 6.61 Å². The number of benzene rings is 1. The number of aliphatic hydroxyl groups is 1. The fourth-order valence-electron chi connectivity index (χ4n) is 2.25. The minimum atomic E-state index is -0.685. The largest absolute Gasteiger partial charge is 0.493 e. The van der Waals surface area contributed by atoms with E-state index >= 15 is 0 Å². The number of nitrogens with zero attached hydrogens (tertiary/aromatic N) is 2. The van der Waals surface area contributed by atoms with Crippen LogP contribution in [0.25, 0.3) is 0 Å². The van der Waals surface area contributed by atoms with Crippen molar-refractivity contribution in [1.82, 2.24) is 9.55 Å². The molecule has 0 spiro atoms. The van der Waals surface area contributed by atoms with Gasteiger partial charge in [0, 0.05) is 19.0 Å². The molecular weight excluding hydrogens is 216 g/mol. The third-order valence-corrected chi connectivity index (χ3v) is 3.17. The number of rotatable bonds is 2. The maximum atomic E-state index is 10.4. The lowest BCUT2D eigenvalue weighted by molar-refractivity contribution is 0.205. The average Bonchev–Trinajstić information content (AvgIpc) is 2.95. The van der Waals surface area contributed by atoms with Gasteiger partial charge in [-0.3, -0.25) is 0 Å². The predicted molar refractivity (Wildman–Crippen MR) is 62.9 cm³/mol. The van der Waals surface area contributed by atoms with Gasteiger partial charge in [0.05, 0.1) is 24.8 Å². The highest BCUT2D eigenvalue weighted by molar-refractivity contribution is 5.46. The van der Waals surface area contributed by atoms with E-state index in [-0.39, 0.29) is 0 Å². The second-order valence-corrected chi connectivity index (χ2v) is 4.27. The van der Waals surface area contributed by atoms with Gasteiger partial charge < -0.3 is 14.4 Å². The molecule has 1 aliphatic rings. The van der Waals surface area contributed by atoms with Crippen molar-refractivity contribution in [2.24, 2.45) is 7.05 Å². The Morgan fingerprint density at radius 1 is 1.47 bits per heavy atom. The molecule has 1 N–H and O–H groups in total. The first-order valence-electron chi connectivity index (χ1n) is 5.66. The van der Waals surface area contributed by atoms with Gasteiger partial charge in [-0.1, -0.05) is 18.2 Å². The Balaban J connectivity index is 2.05. The fraction of sp³-hybridized carbons (Fsp3) is 0.308. The van der Waals surface area contributed by atoms with E-state index < -0.39 is 6.10 Å². The highest BCUT2D eigenvalue weighted by Gasteiger charge is 2.23. The molecule has 4 heteroatoms. The summed E-state index contributed by atoms with van der Waals surface area (Å²) in [6.45, 7) is 0.699. The summed E-state index contributed by atoms with van der Waals surface area (Å²) in [4.78, 5) is 4.02. The number of imidazole rings is 1. The third kappa shape index (κ3) is 1.61. The quantitative estimate of drug-likeness (QED) is 0.849. The number of ether oxygens (including phenoxy) is 1. The first-order valence-corrected chi connectivity index (χ1v) is 5.66. The molecule has 17 heavy (non-hydrogen) atoms. The van der Waals surface area contributed by atoms with Crippen LogP contribution in [0.3, 0.4) is 0 Å². The monoisotopic (exact) mass is 230 g/mol. The van der Waals surface area contributed by atoms with Crippen molar-refractivity contribution in [2.75, 3.05) is 6.61 Å². The van der Waals surface area contributed by atoms with Crippen LogP contribution >= 0.6 is 0 Å². The summed E-state index contributed by atoms with van der Waals surface area (Å²) in [5.74, 6) is 0.834. The third-order valence-electron chi connectivity index (χ3n) is 3.17. The number of fused-ring (bicyclic) bond motifs is 1. The Kier molecular flexibility index (Phi) is 2.37. The van der Waals surface area contributed by atoms with Crippen molar-refractivity contribution in [1.29, 1.82) is 0 Å². The molecular formula is C13H14N2O2. The lowest BCUT2D eigenvalue weighted by Gasteiger charge is -2.14. The second-order valence-electron chi connectivity index (χ2n) is 4.27. The molecule has 0 aliphatic carbocycles. The molecule has 0 saturated carbocycles. The lowest BCUT2D eigenvalue weighted by atomic mass is 10.0. The van der Waals surface area contributed by atoms with Gasteiger partial charge in [-0.2, -0.15) is 0 Å². The molecule has 0 fully saturated rings. The summed E-state index contributed by atoms with van der Waals surface area (Å²) in [5, 5.41) is 10.4. The number of para-hydroxylation sites is 1. The van der Waals surface area contributed by atoms with Crippen LogP contribution < -0.4 is 4.74 Å². The molecule has 1 aliphatic heterocycles. The first kappa shape index (κ1) is 10.4. The molecule has 0 radical (unpaired) electrons. The van der Waals surface area contributed by atoms with Crippen LogP contribution in [0.2, 0.25) is 0 Å². The second kappa shape index (κ2) is 3.89. The van der Waals surface area contributed by atoms with Crippen molar-refractivity contribution < 1.29 is 9.84 Å². The number of hydrogen-bond acceptors (Lipinski definition) is 3. The van der Waals surface area contributed by atoms with Gasteiger partial charge in [0.2, 0.25) is 0 Å². The summed E-state index contributed by atoms with van der Waals surface area (Å²) in [7, 11) is 1.87. The van der Waals surface area contributed by atoms with Crippen molar-refractivity contribution in [3.8, 4) is 5.75 Å². The van der Waals surface area contributed by atoms with Crippen LogP contribution in [0.5, 0.6) is 5.75 Å². The molecule has 1 unspecified atom stereocenters. The first-order chi connectivity index (χ1) is 8.27. The van der Waals surface area contributed by atoms with Gasteiger partial charge in [-0.15, -0.1) is 0 Å². The summed E-state index contributed by atoms with van der Waals surface area (Å²) < 4.78 is 7.42. The highest BCUT2D eigenvalue weighted by Crippen LogP contribution is 2.35. The smallest absolute Gasteiger partial charge is 0.128 e. The van der Waals surface area contributed by atoms with Gasteiger partial charge >= 0.3 is 0 Å².